The zero-order chi connectivity index (χ0) is 19.3. The van der Waals surface area contributed by atoms with Crippen LogP contribution < -0.4 is 0 Å². The molecule has 3 heteroatoms. The number of rotatable bonds is 2. The molecule has 0 saturated carbocycles. The van der Waals surface area contributed by atoms with Crippen molar-refractivity contribution in [2.75, 3.05) is 0 Å². The fraction of sp³-hybridized carbons (Fsp3) is 0.167. The quantitative estimate of drug-likeness (QED) is 0.700. The zero-order valence-electron chi connectivity index (χ0n) is 15.7. The zero-order valence-corrected chi connectivity index (χ0v) is 15.7. The van der Waals surface area contributed by atoms with Gasteiger partial charge in [0.1, 0.15) is 0 Å². The first-order chi connectivity index (χ1) is 12.9. The maximum atomic E-state index is 13.4. The van der Waals surface area contributed by atoms with Crippen LogP contribution in [0.25, 0.3) is 10.8 Å². The third kappa shape index (κ3) is 2.67. The number of hydrogen-bond acceptors (Lipinski definition) is 2. The number of allylic oxidation sites excluding steroid dienone is 5. The summed E-state index contributed by atoms with van der Waals surface area (Å²) in [6.45, 7) is 9.85. The number of aryl methyl sites for hydroxylation is 1. The van der Waals surface area contributed by atoms with Crippen molar-refractivity contribution in [2.24, 2.45) is 0 Å². The van der Waals surface area contributed by atoms with E-state index in [0.717, 1.165) is 33.1 Å². The molecule has 4 rings (SSSR count). The van der Waals surface area contributed by atoms with Crippen LogP contribution in [-0.2, 0) is 0 Å². The van der Waals surface area contributed by atoms with E-state index >= 15 is 0 Å². The van der Waals surface area contributed by atoms with Gasteiger partial charge >= 0.3 is 0 Å². The first-order valence-corrected chi connectivity index (χ1v) is 9.02. The van der Waals surface area contributed by atoms with E-state index in [1.54, 1.807) is 6.07 Å². The number of carbonyl (C=O) groups excluding carboxylic acids is 2. The third-order valence-electron chi connectivity index (χ3n) is 5.23. The van der Waals surface area contributed by atoms with Crippen molar-refractivity contribution in [1.82, 2.24) is 4.90 Å². The van der Waals surface area contributed by atoms with E-state index in [4.69, 9.17) is 0 Å². The minimum atomic E-state index is -0.435. The highest BCUT2D eigenvalue weighted by Gasteiger charge is 2.37. The highest BCUT2D eigenvalue weighted by Crippen LogP contribution is 2.34. The molecule has 1 aliphatic heterocycles. The van der Waals surface area contributed by atoms with Crippen LogP contribution >= 0.6 is 0 Å². The lowest BCUT2D eigenvalue weighted by atomic mass is 9.90. The Bertz CT molecular complexity index is 1110. The molecule has 3 nitrogen and oxygen atoms in total. The summed E-state index contributed by atoms with van der Waals surface area (Å²) < 4.78 is 0. The summed E-state index contributed by atoms with van der Waals surface area (Å²) in [6, 6.07) is 9.09. The Morgan fingerprint density at radius 2 is 1.81 bits per heavy atom. The molecular weight excluding hydrogens is 334 g/mol. The van der Waals surface area contributed by atoms with Crippen LogP contribution in [0.2, 0.25) is 0 Å². The second-order valence-corrected chi connectivity index (χ2v) is 7.31. The summed E-state index contributed by atoms with van der Waals surface area (Å²) in [5.41, 5.74) is 4.95. The Morgan fingerprint density at radius 3 is 2.56 bits per heavy atom. The molecule has 1 unspecified atom stereocenters. The van der Waals surface area contributed by atoms with Gasteiger partial charge in [-0.15, -0.1) is 0 Å². The van der Waals surface area contributed by atoms with Crippen LogP contribution in [0.5, 0.6) is 0 Å². The van der Waals surface area contributed by atoms with Gasteiger partial charge in [-0.05, 0) is 61.1 Å². The molecule has 0 N–H and O–H groups in total. The van der Waals surface area contributed by atoms with Gasteiger partial charge < -0.3 is 0 Å². The molecule has 1 heterocycles. The van der Waals surface area contributed by atoms with Gasteiger partial charge in [0, 0.05) is 16.5 Å². The Balaban J connectivity index is 1.93. The monoisotopic (exact) mass is 355 g/mol. The minimum Gasteiger partial charge on any atom is -0.269 e. The average Bonchev–Trinajstić information content (AvgIpc) is 2.81. The average molecular weight is 355 g/mol. The maximum Gasteiger partial charge on any atom is 0.262 e. The van der Waals surface area contributed by atoms with E-state index in [2.05, 4.69) is 6.58 Å². The topological polar surface area (TPSA) is 37.4 Å². The molecule has 0 radical (unpaired) electrons. The number of benzene rings is 2. The van der Waals surface area contributed by atoms with E-state index in [9.17, 15) is 9.59 Å². The van der Waals surface area contributed by atoms with E-state index in [1.807, 2.05) is 69.3 Å². The van der Waals surface area contributed by atoms with Gasteiger partial charge in [-0.3, -0.25) is 14.5 Å². The summed E-state index contributed by atoms with van der Waals surface area (Å²) in [4.78, 5) is 28.1. The molecule has 2 aromatic carbocycles. The first kappa shape index (κ1) is 17.2. The van der Waals surface area contributed by atoms with Crippen LogP contribution in [0.3, 0.4) is 0 Å². The number of amides is 2. The third-order valence-corrected chi connectivity index (χ3v) is 5.23. The van der Waals surface area contributed by atoms with Crippen molar-refractivity contribution in [3.8, 4) is 0 Å². The van der Waals surface area contributed by atoms with Gasteiger partial charge in [0.15, 0.2) is 0 Å². The van der Waals surface area contributed by atoms with E-state index < -0.39 is 6.04 Å². The van der Waals surface area contributed by atoms with Crippen molar-refractivity contribution >= 4 is 22.6 Å². The van der Waals surface area contributed by atoms with Gasteiger partial charge in [0.2, 0.25) is 0 Å². The molecule has 134 valence electrons. The Hall–Kier alpha value is -3.20. The van der Waals surface area contributed by atoms with Crippen molar-refractivity contribution < 1.29 is 9.59 Å². The lowest BCUT2D eigenvalue weighted by Gasteiger charge is -2.33. The largest absolute Gasteiger partial charge is 0.269 e. The molecule has 0 aromatic heterocycles. The number of imide groups is 1. The molecule has 0 fully saturated rings. The minimum absolute atomic E-state index is 0.246. The molecule has 0 saturated heterocycles. The predicted molar refractivity (Wildman–Crippen MR) is 109 cm³/mol. The number of carbonyl (C=O) groups is 2. The van der Waals surface area contributed by atoms with Gasteiger partial charge in [-0.2, -0.15) is 0 Å². The van der Waals surface area contributed by atoms with Gasteiger partial charge in [-0.1, -0.05) is 48.6 Å². The van der Waals surface area contributed by atoms with Gasteiger partial charge in [0.05, 0.1) is 6.04 Å². The summed E-state index contributed by atoms with van der Waals surface area (Å²) in [5, 5.41) is 1.68. The highest BCUT2D eigenvalue weighted by molar-refractivity contribution is 6.25. The van der Waals surface area contributed by atoms with Crippen molar-refractivity contribution in [1.29, 1.82) is 0 Å². The van der Waals surface area contributed by atoms with Crippen molar-refractivity contribution in [2.45, 2.75) is 26.8 Å². The SMILES string of the molecule is C=C(C)C1=CC(N2C(=O)c3cccc4cc(C)cc(c34)C2=O)C(C)=CC=C1. The molecule has 27 heavy (non-hydrogen) atoms. The Labute approximate surface area is 159 Å². The Kier molecular flexibility index (Phi) is 3.96. The summed E-state index contributed by atoms with van der Waals surface area (Å²) in [5.74, 6) is -0.497. The standard InChI is InChI=1S/C24H21NO2/c1-14(2)17-8-5-7-16(4)21(13-17)25-23(26)19-10-6-9-18-11-15(3)12-20(22(18)19)24(25)27/h5-13,21H,1H2,2-4H3. The van der Waals surface area contributed by atoms with Crippen LogP contribution in [-0.4, -0.2) is 22.8 Å². The number of hydrogen-bond donors (Lipinski definition) is 0. The molecule has 1 aliphatic carbocycles. The predicted octanol–water partition coefficient (Wildman–Crippen LogP) is 5.13. The van der Waals surface area contributed by atoms with Crippen molar-refractivity contribution in [3.05, 3.63) is 94.6 Å². The van der Waals surface area contributed by atoms with Crippen LogP contribution in [0.15, 0.2) is 77.9 Å². The molecule has 0 bridgehead atoms. The van der Waals surface area contributed by atoms with E-state index in [1.165, 1.54) is 4.90 Å². The molecule has 2 aliphatic rings. The van der Waals surface area contributed by atoms with Gasteiger partial charge in [-0.25, -0.2) is 0 Å². The van der Waals surface area contributed by atoms with Crippen LogP contribution in [0.4, 0.5) is 0 Å². The van der Waals surface area contributed by atoms with Crippen LogP contribution in [0.1, 0.15) is 40.1 Å². The summed E-state index contributed by atoms with van der Waals surface area (Å²) in [7, 11) is 0. The fourth-order valence-corrected chi connectivity index (χ4v) is 3.85. The summed E-state index contributed by atoms with van der Waals surface area (Å²) >= 11 is 0. The molecule has 1 atom stereocenters. The lowest BCUT2D eigenvalue weighted by Crippen LogP contribution is -2.47. The van der Waals surface area contributed by atoms with Crippen molar-refractivity contribution in [3.63, 3.8) is 0 Å². The lowest BCUT2D eigenvalue weighted by molar-refractivity contribution is 0.0589. The highest BCUT2D eigenvalue weighted by atomic mass is 16.2. The molecule has 0 spiro atoms. The van der Waals surface area contributed by atoms with Crippen LogP contribution in [0, 0.1) is 6.92 Å². The summed E-state index contributed by atoms with van der Waals surface area (Å²) in [6.07, 6.45) is 7.80. The first-order valence-electron chi connectivity index (χ1n) is 9.02. The molecular formula is C24H21NO2. The van der Waals surface area contributed by atoms with E-state index in [0.29, 0.717) is 11.1 Å². The maximum absolute atomic E-state index is 13.4. The van der Waals surface area contributed by atoms with Gasteiger partial charge in [0.25, 0.3) is 11.8 Å². The second-order valence-electron chi connectivity index (χ2n) is 7.31. The number of nitrogens with zero attached hydrogens (tertiary/aromatic N) is 1. The smallest absolute Gasteiger partial charge is 0.262 e. The normalized spacial score (nSPS) is 19.1. The second kappa shape index (κ2) is 6.20. The van der Waals surface area contributed by atoms with E-state index in [-0.39, 0.29) is 11.8 Å². The fourth-order valence-electron chi connectivity index (χ4n) is 3.85. The molecule has 2 amide bonds. The Morgan fingerprint density at radius 1 is 1.07 bits per heavy atom. The molecule has 2 aromatic rings.